The van der Waals surface area contributed by atoms with Crippen molar-refractivity contribution in [2.75, 3.05) is 18.4 Å². The number of halogens is 3. The van der Waals surface area contributed by atoms with Gasteiger partial charge in [0.05, 0.1) is 17.8 Å². The highest BCUT2D eigenvalue weighted by atomic mass is 19.4. The zero-order valence-electron chi connectivity index (χ0n) is 22.2. The molecule has 1 saturated heterocycles. The fourth-order valence-electron chi connectivity index (χ4n) is 5.88. The van der Waals surface area contributed by atoms with Gasteiger partial charge in [-0.3, -0.25) is 9.88 Å². The van der Waals surface area contributed by atoms with Gasteiger partial charge in [0, 0.05) is 37.4 Å². The van der Waals surface area contributed by atoms with E-state index in [2.05, 4.69) is 49.9 Å². The van der Waals surface area contributed by atoms with Gasteiger partial charge in [-0.15, -0.1) is 10.2 Å². The summed E-state index contributed by atoms with van der Waals surface area (Å²) in [4.78, 5) is 6.51. The molecule has 6 nitrogen and oxygen atoms in total. The molecule has 1 aliphatic heterocycles. The monoisotopic (exact) mass is 526 g/mol. The summed E-state index contributed by atoms with van der Waals surface area (Å²) < 4.78 is 44.2. The quantitative estimate of drug-likeness (QED) is 0.346. The van der Waals surface area contributed by atoms with Crippen molar-refractivity contribution in [1.82, 2.24) is 24.6 Å². The number of hydrogen-bond donors (Lipinski definition) is 1. The Morgan fingerprint density at radius 1 is 1.13 bits per heavy atom. The van der Waals surface area contributed by atoms with Crippen LogP contribution in [0.1, 0.15) is 80.1 Å². The topological polar surface area (TPSA) is 58.9 Å². The maximum absolute atomic E-state index is 14.0. The van der Waals surface area contributed by atoms with Gasteiger partial charge in [0.2, 0.25) is 0 Å². The Morgan fingerprint density at radius 2 is 1.97 bits per heavy atom. The van der Waals surface area contributed by atoms with Crippen LogP contribution in [0.2, 0.25) is 0 Å². The molecule has 1 N–H and O–H groups in total. The molecule has 1 aliphatic carbocycles. The molecule has 3 aromatic rings. The Hall–Kier alpha value is -2.94. The molecule has 0 bridgehead atoms. The summed E-state index contributed by atoms with van der Waals surface area (Å²) in [6.07, 6.45) is 4.65. The first-order valence-corrected chi connectivity index (χ1v) is 13.8. The Balaban J connectivity index is 1.34. The molecule has 3 heterocycles. The lowest BCUT2D eigenvalue weighted by Crippen LogP contribution is -2.33. The number of anilines is 1. The molecule has 38 heavy (non-hydrogen) atoms. The molecule has 5 rings (SSSR count). The molecule has 1 unspecified atom stereocenters. The summed E-state index contributed by atoms with van der Waals surface area (Å²) >= 11 is 0. The largest absolute Gasteiger partial charge is 0.418 e. The van der Waals surface area contributed by atoms with E-state index in [0.29, 0.717) is 23.9 Å². The van der Waals surface area contributed by atoms with Crippen LogP contribution in [0.3, 0.4) is 0 Å². The summed E-state index contributed by atoms with van der Waals surface area (Å²) in [7, 11) is 0. The average molecular weight is 527 g/mol. The van der Waals surface area contributed by atoms with Gasteiger partial charge < -0.3 is 9.88 Å². The van der Waals surface area contributed by atoms with E-state index in [0.717, 1.165) is 56.0 Å². The minimum absolute atomic E-state index is 0.00143. The van der Waals surface area contributed by atoms with Gasteiger partial charge >= 0.3 is 6.18 Å². The molecule has 1 saturated carbocycles. The Labute approximate surface area is 222 Å². The van der Waals surface area contributed by atoms with Crippen molar-refractivity contribution < 1.29 is 13.2 Å². The molecule has 2 atom stereocenters. The number of alkyl halides is 3. The van der Waals surface area contributed by atoms with Gasteiger partial charge in [0.15, 0.2) is 0 Å². The zero-order chi connectivity index (χ0) is 26.7. The summed E-state index contributed by atoms with van der Waals surface area (Å²) in [5, 5.41) is 11.8. The number of benzene rings is 1. The van der Waals surface area contributed by atoms with Crippen LogP contribution in [0, 0.1) is 11.8 Å². The standard InChI is InChI=1S/C29H37F3N6/c1-3-38-19-35-36-28(38)27(22-8-4-9-22)23-10-5-11-24(14-23)33-16-26-25(29(30,31)32)13-21(15-34-26)18-37-12-6-7-20(2)17-37/h5,10-11,13-15,19-20,22,27,33H,3-4,6-9,12,16-18H2,1-2H3/t20-,27?/m0/s1. The predicted octanol–water partition coefficient (Wildman–Crippen LogP) is 6.49. The Morgan fingerprint density at radius 3 is 2.68 bits per heavy atom. The average Bonchev–Trinajstić information content (AvgIpc) is 3.33. The van der Waals surface area contributed by atoms with E-state index < -0.39 is 11.7 Å². The highest BCUT2D eigenvalue weighted by Crippen LogP contribution is 2.43. The van der Waals surface area contributed by atoms with Gasteiger partial charge in [-0.1, -0.05) is 25.5 Å². The second-order valence-corrected chi connectivity index (χ2v) is 10.9. The van der Waals surface area contributed by atoms with Crippen LogP contribution in [0.4, 0.5) is 18.9 Å². The predicted molar refractivity (Wildman–Crippen MR) is 142 cm³/mol. The van der Waals surface area contributed by atoms with Crippen molar-refractivity contribution in [3.05, 3.63) is 71.1 Å². The maximum atomic E-state index is 14.0. The first kappa shape index (κ1) is 26.7. The minimum Gasteiger partial charge on any atom is -0.379 e. The second-order valence-electron chi connectivity index (χ2n) is 10.9. The van der Waals surface area contributed by atoms with Crippen LogP contribution in [-0.4, -0.2) is 37.7 Å². The normalized spacial score (nSPS) is 19.8. The lowest BCUT2D eigenvalue weighted by Gasteiger charge is -2.33. The van der Waals surface area contributed by atoms with Gasteiger partial charge in [-0.25, -0.2) is 0 Å². The van der Waals surface area contributed by atoms with Crippen LogP contribution in [-0.2, 0) is 25.8 Å². The fourth-order valence-corrected chi connectivity index (χ4v) is 5.88. The highest BCUT2D eigenvalue weighted by molar-refractivity contribution is 5.48. The maximum Gasteiger partial charge on any atom is 0.418 e. The van der Waals surface area contributed by atoms with Crippen molar-refractivity contribution in [3.63, 3.8) is 0 Å². The third-order valence-corrected chi connectivity index (χ3v) is 8.07. The first-order valence-electron chi connectivity index (χ1n) is 13.8. The Bertz CT molecular complexity index is 1220. The molecular formula is C29H37F3N6. The van der Waals surface area contributed by atoms with Gasteiger partial charge in [-0.2, -0.15) is 13.2 Å². The number of aromatic nitrogens is 4. The molecular weight excluding hydrogens is 489 g/mol. The Kier molecular flexibility index (Phi) is 8.02. The molecule has 0 radical (unpaired) electrons. The van der Waals surface area contributed by atoms with Crippen LogP contribution in [0.5, 0.6) is 0 Å². The van der Waals surface area contributed by atoms with Crippen molar-refractivity contribution in [2.45, 2.75) is 77.7 Å². The minimum atomic E-state index is -4.46. The number of pyridine rings is 1. The number of nitrogens with zero attached hydrogens (tertiary/aromatic N) is 5. The van der Waals surface area contributed by atoms with E-state index in [1.165, 1.54) is 18.9 Å². The van der Waals surface area contributed by atoms with E-state index in [1.807, 2.05) is 18.2 Å². The van der Waals surface area contributed by atoms with Crippen LogP contribution in [0.15, 0.2) is 42.9 Å². The highest BCUT2D eigenvalue weighted by Gasteiger charge is 2.35. The number of rotatable bonds is 9. The van der Waals surface area contributed by atoms with Crippen molar-refractivity contribution in [1.29, 1.82) is 0 Å². The van der Waals surface area contributed by atoms with E-state index >= 15 is 0 Å². The summed E-state index contributed by atoms with van der Waals surface area (Å²) in [6.45, 7) is 7.39. The zero-order valence-corrected chi connectivity index (χ0v) is 22.2. The van der Waals surface area contributed by atoms with Crippen molar-refractivity contribution >= 4 is 5.69 Å². The molecule has 0 amide bonds. The molecule has 2 aromatic heterocycles. The van der Waals surface area contributed by atoms with Gasteiger partial charge in [0.25, 0.3) is 0 Å². The van der Waals surface area contributed by atoms with Crippen molar-refractivity contribution in [2.24, 2.45) is 11.8 Å². The van der Waals surface area contributed by atoms with Gasteiger partial charge in [0.1, 0.15) is 12.2 Å². The second kappa shape index (κ2) is 11.4. The SMILES string of the molecule is CCn1cnnc1C(c1cccc(NCc2ncc(CN3CCC[C@H](C)C3)cc2C(F)(F)F)c1)C1CCC1. The third kappa shape index (κ3) is 6.03. The first-order chi connectivity index (χ1) is 18.3. The molecule has 204 valence electrons. The van der Waals surface area contributed by atoms with E-state index in [1.54, 1.807) is 12.5 Å². The summed E-state index contributed by atoms with van der Waals surface area (Å²) in [5.74, 6) is 2.14. The van der Waals surface area contributed by atoms with E-state index in [-0.39, 0.29) is 18.2 Å². The molecule has 2 aliphatic rings. The number of aryl methyl sites for hydroxylation is 1. The molecule has 9 heteroatoms. The molecule has 0 spiro atoms. The number of hydrogen-bond acceptors (Lipinski definition) is 5. The third-order valence-electron chi connectivity index (χ3n) is 8.07. The lowest BCUT2D eigenvalue weighted by molar-refractivity contribution is -0.138. The van der Waals surface area contributed by atoms with E-state index in [4.69, 9.17) is 0 Å². The summed E-state index contributed by atoms with van der Waals surface area (Å²) in [5.41, 5.74) is 1.85. The summed E-state index contributed by atoms with van der Waals surface area (Å²) in [6, 6.07) is 9.25. The smallest absolute Gasteiger partial charge is 0.379 e. The number of likely N-dealkylation sites (tertiary alicyclic amines) is 1. The molecule has 1 aromatic carbocycles. The lowest BCUT2D eigenvalue weighted by atomic mass is 9.72. The van der Waals surface area contributed by atoms with Crippen LogP contribution < -0.4 is 5.32 Å². The van der Waals surface area contributed by atoms with Gasteiger partial charge in [-0.05, 0) is 80.3 Å². The van der Waals surface area contributed by atoms with Crippen LogP contribution in [0.25, 0.3) is 0 Å². The van der Waals surface area contributed by atoms with E-state index in [9.17, 15) is 13.2 Å². The van der Waals surface area contributed by atoms with Crippen LogP contribution >= 0.6 is 0 Å². The number of nitrogens with one attached hydrogen (secondary N) is 1. The molecule has 2 fully saturated rings. The fraction of sp³-hybridized carbons (Fsp3) is 0.552. The van der Waals surface area contributed by atoms with Crippen molar-refractivity contribution in [3.8, 4) is 0 Å². The number of piperidine rings is 1.